The van der Waals surface area contributed by atoms with Crippen molar-refractivity contribution in [2.75, 3.05) is 13.7 Å². The molecule has 0 amide bonds. The highest BCUT2D eigenvalue weighted by atomic mass is 16.5. The molecule has 0 bridgehead atoms. The first-order valence-corrected chi connectivity index (χ1v) is 7.18. The van der Waals surface area contributed by atoms with E-state index >= 15 is 0 Å². The molecule has 0 aliphatic rings. The maximum atomic E-state index is 11.4. The van der Waals surface area contributed by atoms with Gasteiger partial charge in [0.25, 0.3) is 0 Å². The standard InChI is InChI=1S/C17H21NO4/c1-17(2,11-19)18-10-14-8-9-15(22-14)12-4-6-13(7-5-12)16(20)21-3/h4-9,18-19H,10-11H2,1-3H3/p+1. The lowest BCUT2D eigenvalue weighted by atomic mass is 10.1. The number of hydrogen-bond donors (Lipinski definition) is 2. The highest BCUT2D eigenvalue weighted by molar-refractivity contribution is 5.89. The third kappa shape index (κ3) is 3.96. The molecule has 118 valence electrons. The molecule has 2 aromatic rings. The molecular formula is C17H22NO4+. The van der Waals surface area contributed by atoms with Gasteiger partial charge in [0.2, 0.25) is 0 Å². The van der Waals surface area contributed by atoms with E-state index in [0.717, 1.165) is 17.1 Å². The number of aliphatic hydroxyl groups excluding tert-OH is 1. The summed E-state index contributed by atoms with van der Waals surface area (Å²) in [6, 6.07) is 10.9. The highest BCUT2D eigenvalue weighted by Gasteiger charge is 2.20. The number of benzene rings is 1. The zero-order valence-corrected chi connectivity index (χ0v) is 13.1. The molecule has 0 fully saturated rings. The summed E-state index contributed by atoms with van der Waals surface area (Å²) in [6.07, 6.45) is 0. The quantitative estimate of drug-likeness (QED) is 0.794. The van der Waals surface area contributed by atoms with Crippen LogP contribution < -0.4 is 5.32 Å². The number of methoxy groups -OCH3 is 1. The molecule has 1 aromatic carbocycles. The van der Waals surface area contributed by atoms with E-state index < -0.39 is 0 Å². The molecular weight excluding hydrogens is 282 g/mol. The average Bonchev–Trinajstić information content (AvgIpc) is 3.01. The van der Waals surface area contributed by atoms with Crippen molar-refractivity contribution < 1.29 is 24.4 Å². The predicted molar refractivity (Wildman–Crippen MR) is 82.3 cm³/mol. The number of rotatable bonds is 6. The fourth-order valence-corrected chi connectivity index (χ4v) is 1.97. The van der Waals surface area contributed by atoms with E-state index in [0.29, 0.717) is 12.1 Å². The molecule has 0 spiro atoms. The Morgan fingerprint density at radius 1 is 1.23 bits per heavy atom. The molecule has 2 rings (SSSR count). The summed E-state index contributed by atoms with van der Waals surface area (Å²) in [7, 11) is 1.36. The summed E-state index contributed by atoms with van der Waals surface area (Å²) in [5.74, 6) is 1.24. The molecule has 3 N–H and O–H groups in total. The molecule has 5 heteroatoms. The van der Waals surface area contributed by atoms with Crippen molar-refractivity contribution >= 4 is 5.97 Å². The van der Waals surface area contributed by atoms with Crippen molar-refractivity contribution in [2.24, 2.45) is 0 Å². The molecule has 1 aromatic heterocycles. The lowest BCUT2D eigenvalue weighted by Crippen LogP contribution is -2.95. The first kappa shape index (κ1) is 16.3. The SMILES string of the molecule is COC(=O)c1ccc(-c2ccc(C[NH2+]C(C)(C)CO)o2)cc1. The number of aliphatic hydroxyl groups is 1. The largest absolute Gasteiger partial charge is 0.465 e. The number of nitrogens with two attached hydrogens (primary N) is 1. The Bertz CT molecular complexity index is 628. The van der Waals surface area contributed by atoms with E-state index in [-0.39, 0.29) is 18.1 Å². The minimum Gasteiger partial charge on any atom is -0.465 e. The van der Waals surface area contributed by atoms with Gasteiger partial charge in [-0.15, -0.1) is 0 Å². The highest BCUT2D eigenvalue weighted by Crippen LogP contribution is 2.22. The summed E-state index contributed by atoms with van der Waals surface area (Å²) >= 11 is 0. The van der Waals surface area contributed by atoms with Crippen LogP contribution in [-0.2, 0) is 11.3 Å². The van der Waals surface area contributed by atoms with Gasteiger partial charge in [0.1, 0.15) is 17.8 Å². The Morgan fingerprint density at radius 3 is 2.50 bits per heavy atom. The van der Waals surface area contributed by atoms with Crippen LogP contribution in [0.25, 0.3) is 11.3 Å². The van der Waals surface area contributed by atoms with Gasteiger partial charge in [-0.3, -0.25) is 0 Å². The van der Waals surface area contributed by atoms with Crippen molar-refractivity contribution in [2.45, 2.75) is 25.9 Å². The molecule has 0 radical (unpaired) electrons. The van der Waals surface area contributed by atoms with E-state index in [1.807, 2.05) is 43.4 Å². The normalized spacial score (nSPS) is 11.5. The van der Waals surface area contributed by atoms with Crippen LogP contribution in [0.15, 0.2) is 40.8 Å². The van der Waals surface area contributed by atoms with E-state index in [1.165, 1.54) is 7.11 Å². The Balaban J connectivity index is 2.06. The summed E-state index contributed by atoms with van der Waals surface area (Å²) in [5, 5.41) is 11.3. The van der Waals surface area contributed by atoms with E-state index in [9.17, 15) is 9.90 Å². The minimum atomic E-state index is -0.354. The van der Waals surface area contributed by atoms with E-state index in [2.05, 4.69) is 4.74 Å². The van der Waals surface area contributed by atoms with Crippen LogP contribution in [0.5, 0.6) is 0 Å². The maximum absolute atomic E-state index is 11.4. The van der Waals surface area contributed by atoms with Gasteiger partial charge in [0, 0.05) is 5.56 Å². The lowest BCUT2D eigenvalue weighted by molar-refractivity contribution is -0.738. The predicted octanol–water partition coefficient (Wildman–Crippen LogP) is 1.57. The molecule has 1 heterocycles. The van der Waals surface area contributed by atoms with E-state index in [4.69, 9.17) is 4.42 Å². The van der Waals surface area contributed by atoms with Crippen molar-refractivity contribution in [3.05, 3.63) is 47.7 Å². The number of carbonyl (C=O) groups excluding carboxylic acids is 1. The van der Waals surface area contributed by atoms with Crippen LogP contribution in [-0.4, -0.2) is 30.3 Å². The summed E-state index contributed by atoms with van der Waals surface area (Å²) in [5.41, 5.74) is 1.19. The molecule has 0 atom stereocenters. The second kappa shape index (κ2) is 6.77. The zero-order chi connectivity index (χ0) is 16.2. The van der Waals surface area contributed by atoms with Crippen LogP contribution in [0, 0.1) is 0 Å². The number of furan rings is 1. The number of ether oxygens (including phenoxy) is 1. The van der Waals surface area contributed by atoms with Gasteiger partial charge >= 0.3 is 5.97 Å². The Labute approximate surface area is 129 Å². The maximum Gasteiger partial charge on any atom is 0.337 e. The van der Waals surface area contributed by atoms with Crippen LogP contribution >= 0.6 is 0 Å². The van der Waals surface area contributed by atoms with Gasteiger partial charge in [-0.2, -0.15) is 0 Å². The molecule has 0 saturated carbocycles. The summed E-state index contributed by atoms with van der Waals surface area (Å²) in [6.45, 7) is 4.72. The van der Waals surface area contributed by atoms with Gasteiger partial charge in [-0.05, 0) is 38.1 Å². The fraction of sp³-hybridized carbons (Fsp3) is 0.353. The molecule has 0 unspecified atom stereocenters. The Hall–Kier alpha value is -2.11. The lowest BCUT2D eigenvalue weighted by Gasteiger charge is -2.18. The Kier molecular flexibility index (Phi) is 5.00. The molecule has 0 aliphatic heterocycles. The first-order valence-electron chi connectivity index (χ1n) is 7.18. The third-order valence-corrected chi connectivity index (χ3v) is 3.52. The number of hydrogen-bond acceptors (Lipinski definition) is 4. The third-order valence-electron chi connectivity index (χ3n) is 3.52. The fourth-order valence-electron chi connectivity index (χ4n) is 1.97. The van der Waals surface area contributed by atoms with Gasteiger partial charge in [-0.1, -0.05) is 12.1 Å². The number of carbonyl (C=O) groups is 1. The summed E-state index contributed by atoms with van der Waals surface area (Å²) in [4.78, 5) is 11.4. The molecule has 22 heavy (non-hydrogen) atoms. The molecule has 0 aliphatic carbocycles. The second-order valence-corrected chi connectivity index (χ2v) is 5.89. The first-order chi connectivity index (χ1) is 10.4. The Morgan fingerprint density at radius 2 is 1.91 bits per heavy atom. The minimum absolute atomic E-state index is 0.107. The number of quaternary nitrogens is 1. The van der Waals surface area contributed by atoms with Gasteiger partial charge in [-0.25, -0.2) is 4.79 Å². The van der Waals surface area contributed by atoms with E-state index in [1.54, 1.807) is 12.1 Å². The smallest absolute Gasteiger partial charge is 0.337 e. The van der Waals surface area contributed by atoms with Crippen molar-refractivity contribution in [3.8, 4) is 11.3 Å². The van der Waals surface area contributed by atoms with Crippen molar-refractivity contribution in [1.29, 1.82) is 0 Å². The van der Waals surface area contributed by atoms with Crippen LogP contribution in [0.1, 0.15) is 30.0 Å². The molecule has 5 nitrogen and oxygen atoms in total. The molecule has 0 saturated heterocycles. The average molecular weight is 304 g/mol. The topological polar surface area (TPSA) is 76.3 Å². The van der Waals surface area contributed by atoms with Crippen molar-refractivity contribution in [1.82, 2.24) is 0 Å². The zero-order valence-electron chi connectivity index (χ0n) is 13.1. The van der Waals surface area contributed by atoms with Crippen LogP contribution in [0.4, 0.5) is 0 Å². The van der Waals surface area contributed by atoms with Crippen molar-refractivity contribution in [3.63, 3.8) is 0 Å². The monoisotopic (exact) mass is 304 g/mol. The van der Waals surface area contributed by atoms with Crippen LogP contribution in [0.2, 0.25) is 0 Å². The number of esters is 1. The van der Waals surface area contributed by atoms with Gasteiger partial charge in [0.05, 0.1) is 19.3 Å². The second-order valence-electron chi connectivity index (χ2n) is 5.89. The van der Waals surface area contributed by atoms with Gasteiger partial charge in [0.15, 0.2) is 5.76 Å². The summed E-state index contributed by atoms with van der Waals surface area (Å²) < 4.78 is 10.5. The van der Waals surface area contributed by atoms with Gasteiger partial charge < -0.3 is 19.6 Å². The van der Waals surface area contributed by atoms with Crippen LogP contribution in [0.3, 0.4) is 0 Å².